The lowest BCUT2D eigenvalue weighted by atomic mass is 9.71. The highest BCUT2D eigenvalue weighted by molar-refractivity contribution is 5.86. The van der Waals surface area contributed by atoms with Crippen molar-refractivity contribution in [1.82, 2.24) is 10.6 Å². The molecule has 1 unspecified atom stereocenters. The van der Waals surface area contributed by atoms with Crippen molar-refractivity contribution in [2.24, 2.45) is 28.9 Å². The Bertz CT molecular complexity index is 917. The summed E-state index contributed by atoms with van der Waals surface area (Å²) in [4.78, 5) is 13.1. The quantitative estimate of drug-likeness (QED) is 0.0952. The molecule has 0 bridgehead atoms. The number of amides is 1. The van der Waals surface area contributed by atoms with Gasteiger partial charge in [-0.1, -0.05) is 0 Å². The highest BCUT2D eigenvalue weighted by Crippen LogP contribution is 2.38. The van der Waals surface area contributed by atoms with E-state index in [0.717, 1.165) is 0 Å². The molecule has 17 heteroatoms. The van der Waals surface area contributed by atoms with Crippen molar-refractivity contribution in [3.05, 3.63) is 0 Å². The number of carbonyl (C=O) groups is 1. The van der Waals surface area contributed by atoms with Crippen LogP contribution in [0.15, 0.2) is 0 Å². The molecule has 0 aromatic carbocycles. The van der Waals surface area contributed by atoms with Crippen LogP contribution >= 0.6 is 0 Å². The Labute approximate surface area is 249 Å². The van der Waals surface area contributed by atoms with Crippen LogP contribution in [-0.2, 0) is 19.0 Å². The molecule has 0 radical (unpaired) electrons. The van der Waals surface area contributed by atoms with Crippen molar-refractivity contribution < 1.29 is 54.8 Å². The van der Waals surface area contributed by atoms with Crippen molar-refractivity contribution >= 4 is 5.91 Å². The number of carbonyl (C=O) groups excluding carboxylic acids is 1. The van der Waals surface area contributed by atoms with Gasteiger partial charge >= 0.3 is 0 Å². The zero-order chi connectivity index (χ0) is 31.6. The summed E-state index contributed by atoms with van der Waals surface area (Å²) in [7, 11) is 0. The second-order valence-electron chi connectivity index (χ2n) is 12.5. The van der Waals surface area contributed by atoms with E-state index in [2.05, 4.69) is 10.6 Å². The molecule has 4 rings (SSSR count). The van der Waals surface area contributed by atoms with E-state index in [1.807, 2.05) is 0 Å². The van der Waals surface area contributed by atoms with E-state index in [1.54, 1.807) is 0 Å². The third-order valence-corrected chi connectivity index (χ3v) is 9.25. The van der Waals surface area contributed by atoms with Crippen LogP contribution in [0.1, 0.15) is 32.1 Å². The van der Waals surface area contributed by atoms with Gasteiger partial charge in [0.05, 0.1) is 43.1 Å². The third-order valence-electron chi connectivity index (χ3n) is 9.25. The number of nitrogens with two attached hydrogens (primary N) is 4. The van der Waals surface area contributed by atoms with Crippen LogP contribution in [0.3, 0.4) is 0 Å². The Hall–Kier alpha value is -1.13. The maximum absolute atomic E-state index is 13.1. The SMILES string of the molecule is NC1CC(O)(C(=O)N[C@@H]2C[C@H](N)C([C@H]3O[C@H](CNCCCO)[C@@H](O)C[C@H]3N)[C@H](O)[C@H]2O[C@H]2O[C@H](CO)[C@@H](O)[C@H](N)[C@H]2O)C1. The third kappa shape index (κ3) is 7.48. The van der Waals surface area contributed by atoms with Crippen molar-refractivity contribution in [3.63, 3.8) is 0 Å². The first kappa shape index (κ1) is 34.7. The van der Waals surface area contributed by atoms with E-state index in [9.17, 15) is 35.4 Å². The predicted molar refractivity (Wildman–Crippen MR) is 149 cm³/mol. The summed E-state index contributed by atoms with van der Waals surface area (Å²) in [5.41, 5.74) is 23.0. The largest absolute Gasteiger partial charge is 0.396 e. The maximum atomic E-state index is 13.1. The van der Waals surface area contributed by atoms with Gasteiger partial charge in [-0.25, -0.2) is 0 Å². The summed E-state index contributed by atoms with van der Waals surface area (Å²) in [6, 6.07) is -4.10. The molecule has 1 amide bonds. The molecule has 43 heavy (non-hydrogen) atoms. The van der Waals surface area contributed by atoms with Gasteiger partial charge in [-0.2, -0.15) is 0 Å². The van der Waals surface area contributed by atoms with Crippen molar-refractivity contribution in [3.8, 4) is 0 Å². The smallest absolute Gasteiger partial charge is 0.252 e. The molecule has 14 atom stereocenters. The molecule has 2 heterocycles. The summed E-state index contributed by atoms with van der Waals surface area (Å²) >= 11 is 0. The number of rotatable bonds is 11. The van der Waals surface area contributed by atoms with E-state index in [-0.39, 0.29) is 44.9 Å². The van der Waals surface area contributed by atoms with Crippen LogP contribution < -0.4 is 33.6 Å². The van der Waals surface area contributed by atoms with Crippen molar-refractivity contribution in [2.75, 3.05) is 26.3 Å². The lowest BCUT2D eigenvalue weighted by Crippen LogP contribution is -2.71. The summed E-state index contributed by atoms with van der Waals surface area (Å²) in [5.74, 6) is -1.59. The number of ether oxygens (including phenoxy) is 3. The Kier molecular flexibility index (Phi) is 11.7. The van der Waals surface area contributed by atoms with Crippen LogP contribution in [0.5, 0.6) is 0 Å². The van der Waals surface area contributed by atoms with Crippen molar-refractivity contribution in [1.29, 1.82) is 0 Å². The van der Waals surface area contributed by atoms with Gasteiger partial charge in [0, 0.05) is 50.0 Å². The van der Waals surface area contributed by atoms with Crippen LogP contribution in [-0.4, -0.2) is 159 Å². The van der Waals surface area contributed by atoms with E-state index in [1.165, 1.54) is 0 Å². The summed E-state index contributed by atoms with van der Waals surface area (Å²) in [6.07, 6.45) is -10.1. The Morgan fingerprint density at radius 1 is 0.930 bits per heavy atom. The number of hydrogen-bond donors (Lipinski definition) is 13. The fourth-order valence-corrected chi connectivity index (χ4v) is 6.69. The monoisotopic (exact) mass is 622 g/mol. The highest BCUT2D eigenvalue weighted by Gasteiger charge is 2.55. The Morgan fingerprint density at radius 3 is 2.26 bits per heavy atom. The molecule has 2 saturated carbocycles. The van der Waals surface area contributed by atoms with Crippen molar-refractivity contribution in [2.45, 2.75) is 123 Å². The Morgan fingerprint density at radius 2 is 1.63 bits per heavy atom. The van der Waals surface area contributed by atoms with Crippen LogP contribution in [0.2, 0.25) is 0 Å². The Balaban J connectivity index is 1.56. The molecule has 4 fully saturated rings. The lowest BCUT2D eigenvalue weighted by molar-refractivity contribution is -0.306. The number of aliphatic hydroxyl groups is 7. The molecule has 2 saturated heterocycles. The predicted octanol–water partition coefficient (Wildman–Crippen LogP) is -7.00. The zero-order valence-electron chi connectivity index (χ0n) is 24.1. The molecule has 0 spiro atoms. The summed E-state index contributed by atoms with van der Waals surface area (Å²) in [6.45, 7) is 0.127. The van der Waals surface area contributed by atoms with Gasteiger partial charge in [-0.15, -0.1) is 0 Å². The maximum Gasteiger partial charge on any atom is 0.252 e. The fourth-order valence-electron chi connectivity index (χ4n) is 6.69. The molecular formula is C26H50N6O11. The van der Waals surface area contributed by atoms with E-state index in [0.29, 0.717) is 13.0 Å². The fraction of sp³-hybridized carbons (Fsp3) is 0.962. The minimum absolute atomic E-state index is 0.00329. The minimum atomic E-state index is -1.70. The van der Waals surface area contributed by atoms with Crippen LogP contribution in [0.25, 0.3) is 0 Å². The van der Waals surface area contributed by atoms with E-state index < -0.39 is 103 Å². The first-order chi connectivity index (χ1) is 20.3. The number of nitrogens with one attached hydrogen (secondary N) is 2. The molecule has 2 aliphatic heterocycles. The normalized spacial score (nSPS) is 48.9. The van der Waals surface area contributed by atoms with Gasteiger partial charge in [0.15, 0.2) is 6.29 Å². The number of aliphatic hydroxyl groups excluding tert-OH is 6. The first-order valence-electron chi connectivity index (χ1n) is 15.0. The van der Waals surface area contributed by atoms with E-state index in [4.69, 9.17) is 42.3 Å². The zero-order valence-corrected chi connectivity index (χ0v) is 24.1. The van der Waals surface area contributed by atoms with Gasteiger partial charge in [-0.05, 0) is 25.8 Å². The molecule has 4 aliphatic rings. The van der Waals surface area contributed by atoms with Gasteiger partial charge in [0.2, 0.25) is 0 Å². The minimum Gasteiger partial charge on any atom is -0.396 e. The van der Waals surface area contributed by atoms with Gasteiger partial charge in [-0.3, -0.25) is 4.79 Å². The first-order valence-corrected chi connectivity index (χ1v) is 15.0. The number of hydrogen-bond acceptors (Lipinski definition) is 16. The molecule has 17 N–H and O–H groups in total. The molecule has 0 aromatic heterocycles. The van der Waals surface area contributed by atoms with Gasteiger partial charge < -0.3 is 83.5 Å². The molecule has 2 aliphatic carbocycles. The summed E-state index contributed by atoms with van der Waals surface area (Å²) < 4.78 is 17.9. The molecular weight excluding hydrogens is 572 g/mol. The second kappa shape index (κ2) is 14.5. The van der Waals surface area contributed by atoms with Crippen LogP contribution in [0, 0.1) is 5.92 Å². The summed E-state index contributed by atoms with van der Waals surface area (Å²) in [5, 5.41) is 78.6. The lowest BCUT2D eigenvalue weighted by Gasteiger charge is -2.52. The topological polar surface area (TPSA) is 315 Å². The molecule has 0 aromatic rings. The highest BCUT2D eigenvalue weighted by atomic mass is 16.7. The van der Waals surface area contributed by atoms with Gasteiger partial charge in [0.1, 0.15) is 30.0 Å². The average Bonchev–Trinajstić information content (AvgIpc) is 2.94. The molecule has 250 valence electrons. The second-order valence-corrected chi connectivity index (χ2v) is 12.5. The van der Waals surface area contributed by atoms with Crippen LogP contribution in [0.4, 0.5) is 0 Å². The molecule has 17 nitrogen and oxygen atoms in total. The average molecular weight is 623 g/mol. The van der Waals surface area contributed by atoms with E-state index >= 15 is 0 Å². The van der Waals surface area contributed by atoms with Gasteiger partial charge in [0.25, 0.3) is 5.91 Å². The standard InChI is InChI=1S/C26H50N6O11/c27-10-6-26(40,7-10)25(39)32-13-4-11(28)17(22-12(29)5-14(35)15(41-22)8-31-2-1-3-33)20(37)23(13)43-24-21(38)18(30)19(36)16(9-34)42-24/h10-24,31,33-38,40H,1-9,27-30H2,(H,32,39)/t10?,11-,12+,13+,14-,15+,16+,17?,18-,19+,20-,21+,22-,23-,24+,26?/m0/s1.